The molecule has 0 aromatic rings. The van der Waals surface area contributed by atoms with Crippen LogP contribution < -0.4 is 5.32 Å². The first-order valence-corrected chi connectivity index (χ1v) is 11.5. The maximum atomic E-state index is 12.2. The van der Waals surface area contributed by atoms with E-state index in [4.69, 9.17) is 13.7 Å². The molecule has 0 spiro atoms. The van der Waals surface area contributed by atoms with Gasteiger partial charge in [0.1, 0.15) is 6.10 Å². The zero-order valence-corrected chi connectivity index (χ0v) is 19.9. The van der Waals surface area contributed by atoms with Gasteiger partial charge in [0.05, 0.1) is 18.5 Å². The summed E-state index contributed by atoms with van der Waals surface area (Å²) >= 11 is 0. The summed E-state index contributed by atoms with van der Waals surface area (Å²) in [5, 5.41) is 23.4. The number of rotatable bonds is 13. The van der Waals surface area contributed by atoms with Crippen LogP contribution in [0, 0.1) is 11.3 Å². The summed E-state index contributed by atoms with van der Waals surface area (Å²) in [6, 6.07) is 0. The number of hydrogen-bond donors (Lipinski definition) is 3. The lowest BCUT2D eigenvalue weighted by Crippen LogP contribution is -2.63. The fourth-order valence-electron chi connectivity index (χ4n) is 2.74. The van der Waals surface area contributed by atoms with Crippen LogP contribution in [0.4, 0.5) is 4.79 Å². The maximum absolute atomic E-state index is 12.2. The van der Waals surface area contributed by atoms with E-state index < -0.39 is 63.7 Å². The van der Waals surface area contributed by atoms with Gasteiger partial charge in [-0.25, -0.2) is 9.59 Å². The predicted molar refractivity (Wildman–Crippen MR) is 111 cm³/mol. The number of carbonyl (C=O) groups excluding carboxylic acids is 2. The molecule has 0 saturated carbocycles. The van der Waals surface area contributed by atoms with Crippen molar-refractivity contribution in [2.24, 2.45) is 11.3 Å². The fourth-order valence-corrected chi connectivity index (χ4v) is 3.83. The van der Waals surface area contributed by atoms with E-state index in [2.05, 4.69) is 5.32 Å². The van der Waals surface area contributed by atoms with Crippen LogP contribution in [0.15, 0.2) is 0 Å². The minimum atomic E-state index is -4.07. The van der Waals surface area contributed by atoms with Crippen LogP contribution in [0.5, 0.6) is 0 Å². The SMILES string of the molecule is CC(=O)NCCCS(=O)(=O)OCC(C)(C)[C@](O)(C(=O)O)C(OC(=O)OC(C)C)C(C)C. The molecule has 3 N–H and O–H groups in total. The highest BCUT2D eigenvalue weighted by molar-refractivity contribution is 7.86. The van der Waals surface area contributed by atoms with E-state index in [-0.39, 0.29) is 18.9 Å². The molecule has 1 unspecified atom stereocenters. The monoisotopic (exact) mass is 469 g/mol. The Morgan fingerprint density at radius 1 is 1.06 bits per heavy atom. The van der Waals surface area contributed by atoms with Gasteiger partial charge in [0.25, 0.3) is 10.1 Å². The van der Waals surface area contributed by atoms with E-state index in [1.807, 2.05) is 0 Å². The molecule has 0 saturated heterocycles. The lowest BCUT2D eigenvalue weighted by molar-refractivity contribution is -0.206. The molecule has 0 heterocycles. The van der Waals surface area contributed by atoms with Crippen molar-refractivity contribution in [3.05, 3.63) is 0 Å². The van der Waals surface area contributed by atoms with Gasteiger partial charge in [0, 0.05) is 18.9 Å². The summed E-state index contributed by atoms with van der Waals surface area (Å²) in [4.78, 5) is 34.9. The number of hydrogen-bond acceptors (Lipinski definition) is 9. The number of ether oxygens (including phenoxy) is 2. The van der Waals surface area contributed by atoms with Gasteiger partial charge >= 0.3 is 12.1 Å². The fraction of sp³-hybridized carbons (Fsp3) is 0.842. The summed E-state index contributed by atoms with van der Waals surface area (Å²) in [5.41, 5.74) is -4.39. The van der Waals surface area contributed by atoms with Crippen LogP contribution in [-0.2, 0) is 33.4 Å². The first-order chi connectivity index (χ1) is 14.0. The Hall–Kier alpha value is -1.92. The lowest BCUT2D eigenvalue weighted by atomic mass is 9.69. The molecule has 31 heavy (non-hydrogen) atoms. The molecule has 0 aliphatic carbocycles. The molecule has 0 fully saturated rings. The summed E-state index contributed by atoms with van der Waals surface area (Å²) in [7, 11) is -4.07. The number of aliphatic carboxylic acids is 1. The van der Waals surface area contributed by atoms with Gasteiger partial charge < -0.3 is 25.0 Å². The van der Waals surface area contributed by atoms with E-state index in [1.54, 1.807) is 13.8 Å². The zero-order valence-electron chi connectivity index (χ0n) is 19.1. The number of carboxylic acid groups (broad SMARTS) is 1. The van der Waals surface area contributed by atoms with E-state index in [9.17, 15) is 33.0 Å². The Morgan fingerprint density at radius 3 is 2.03 bits per heavy atom. The molecular weight excluding hydrogens is 434 g/mol. The van der Waals surface area contributed by atoms with Crippen molar-refractivity contribution in [1.82, 2.24) is 5.32 Å². The van der Waals surface area contributed by atoms with E-state index in [0.717, 1.165) is 0 Å². The Kier molecular flexibility index (Phi) is 10.9. The van der Waals surface area contributed by atoms with Crippen molar-refractivity contribution in [3.63, 3.8) is 0 Å². The lowest BCUT2D eigenvalue weighted by Gasteiger charge is -2.44. The van der Waals surface area contributed by atoms with Gasteiger partial charge in [0.2, 0.25) is 11.5 Å². The van der Waals surface area contributed by atoms with E-state index >= 15 is 0 Å². The molecule has 0 aromatic carbocycles. The number of carbonyl (C=O) groups is 3. The average molecular weight is 470 g/mol. The smallest absolute Gasteiger partial charge is 0.479 e. The molecule has 0 radical (unpaired) electrons. The third-order valence-corrected chi connectivity index (χ3v) is 5.74. The topological polar surface area (TPSA) is 166 Å². The third kappa shape index (κ3) is 8.99. The molecule has 0 aromatic heterocycles. The standard InChI is InChI=1S/C19H35NO10S/c1-12(2)15(30-17(24)29-13(3)4)19(25,16(22)23)18(6,7)11-28-31(26,27)10-8-9-20-14(5)21/h12-13,15,25H,8-11H2,1-7H3,(H,20,21)(H,22,23)/t15?,19-/m1/s1. The van der Waals surface area contributed by atoms with E-state index in [0.29, 0.717) is 0 Å². The summed E-state index contributed by atoms with van der Waals surface area (Å²) in [5.74, 6) is -3.09. The van der Waals surface area contributed by atoms with Crippen LogP contribution in [0.1, 0.15) is 54.9 Å². The highest BCUT2D eigenvalue weighted by Crippen LogP contribution is 2.39. The van der Waals surface area contributed by atoms with Gasteiger partial charge in [-0.15, -0.1) is 0 Å². The molecular formula is C19H35NO10S. The minimum absolute atomic E-state index is 0.0876. The van der Waals surface area contributed by atoms with E-state index in [1.165, 1.54) is 34.6 Å². The van der Waals surface area contributed by atoms with Crippen molar-refractivity contribution >= 4 is 28.1 Å². The maximum Gasteiger partial charge on any atom is 0.508 e. The molecule has 1 amide bonds. The van der Waals surface area contributed by atoms with Crippen LogP contribution in [-0.4, -0.2) is 73.4 Å². The largest absolute Gasteiger partial charge is 0.508 e. The van der Waals surface area contributed by atoms with Crippen molar-refractivity contribution in [1.29, 1.82) is 0 Å². The predicted octanol–water partition coefficient (Wildman–Crippen LogP) is 1.29. The number of aliphatic hydroxyl groups is 1. The molecule has 12 heteroatoms. The van der Waals surface area contributed by atoms with Gasteiger partial charge in [0.15, 0.2) is 0 Å². The van der Waals surface area contributed by atoms with Crippen molar-refractivity contribution < 1.29 is 46.7 Å². The van der Waals surface area contributed by atoms with Crippen LogP contribution >= 0.6 is 0 Å². The summed E-state index contributed by atoms with van der Waals surface area (Å²) in [6.07, 6.45) is -3.16. The number of carboxylic acids is 1. The Morgan fingerprint density at radius 2 is 1.61 bits per heavy atom. The first kappa shape index (κ1) is 29.1. The molecule has 11 nitrogen and oxygen atoms in total. The molecule has 0 aliphatic rings. The van der Waals surface area contributed by atoms with Gasteiger partial charge in [-0.2, -0.15) is 8.42 Å². The number of amides is 1. The average Bonchev–Trinajstić information content (AvgIpc) is 2.60. The molecule has 2 atom stereocenters. The number of nitrogens with one attached hydrogen (secondary N) is 1. The second-order valence-corrected chi connectivity index (χ2v) is 10.3. The van der Waals surface area contributed by atoms with Gasteiger partial charge in [-0.05, 0) is 26.2 Å². The molecule has 0 rings (SSSR count). The minimum Gasteiger partial charge on any atom is -0.479 e. The molecule has 182 valence electrons. The Balaban J connectivity index is 5.54. The Labute approximate surface area is 183 Å². The highest BCUT2D eigenvalue weighted by atomic mass is 32.2. The quantitative estimate of drug-likeness (QED) is 0.203. The third-order valence-electron chi connectivity index (χ3n) is 4.47. The van der Waals surface area contributed by atoms with Crippen molar-refractivity contribution in [2.75, 3.05) is 18.9 Å². The molecule has 0 bridgehead atoms. The van der Waals surface area contributed by atoms with Gasteiger partial charge in [-0.1, -0.05) is 27.7 Å². The first-order valence-electron chi connectivity index (χ1n) is 9.91. The second kappa shape index (κ2) is 11.6. The van der Waals surface area contributed by atoms with Crippen molar-refractivity contribution in [3.8, 4) is 0 Å². The van der Waals surface area contributed by atoms with Crippen LogP contribution in [0.25, 0.3) is 0 Å². The zero-order chi connectivity index (χ0) is 24.6. The summed E-state index contributed by atoms with van der Waals surface area (Å²) < 4.78 is 39.3. The highest BCUT2D eigenvalue weighted by Gasteiger charge is 2.59. The Bertz CT molecular complexity index is 732. The van der Waals surface area contributed by atoms with Crippen molar-refractivity contribution in [2.45, 2.75) is 72.7 Å². The second-order valence-electron chi connectivity index (χ2n) is 8.51. The van der Waals surface area contributed by atoms with Crippen LogP contribution in [0.3, 0.4) is 0 Å². The normalized spacial score (nSPS) is 15.3. The van der Waals surface area contributed by atoms with Crippen LogP contribution in [0.2, 0.25) is 0 Å². The molecule has 0 aliphatic heterocycles. The van der Waals surface area contributed by atoms with Gasteiger partial charge in [-0.3, -0.25) is 8.98 Å². The summed E-state index contributed by atoms with van der Waals surface area (Å²) in [6.45, 7) is 9.54.